The Balaban J connectivity index is 1.84. The molecule has 0 atom stereocenters. The van der Waals surface area contributed by atoms with E-state index in [-0.39, 0.29) is 12.1 Å². The smallest absolute Gasteiger partial charge is 0.409 e. The molecule has 0 radical (unpaired) electrons. The van der Waals surface area contributed by atoms with Gasteiger partial charge in [0.05, 0.1) is 12.8 Å². The van der Waals surface area contributed by atoms with Crippen LogP contribution in [0, 0.1) is 0 Å². The maximum absolute atomic E-state index is 11.6. The van der Waals surface area contributed by atoms with Crippen LogP contribution in [0.2, 0.25) is 5.02 Å². The molecule has 7 heteroatoms. The fourth-order valence-corrected chi connectivity index (χ4v) is 2.19. The number of hydrogen-bond acceptors (Lipinski definition) is 5. The predicted octanol–water partition coefficient (Wildman–Crippen LogP) is 2.16. The van der Waals surface area contributed by atoms with Gasteiger partial charge in [0.1, 0.15) is 17.2 Å². The number of aromatic nitrogens is 2. The average molecular weight is 285 g/mol. The SMILES string of the molecule is CCOC(=O)N1CCC(Nc2ncncc2Cl)CC1. The molecular weight excluding hydrogens is 268 g/mol. The Hall–Kier alpha value is -1.56. The Bertz CT molecular complexity index is 435. The Kier molecular flexibility index (Phi) is 4.79. The van der Waals surface area contributed by atoms with E-state index in [0.717, 1.165) is 12.8 Å². The number of nitrogens with zero attached hydrogens (tertiary/aromatic N) is 3. The standard InChI is InChI=1S/C12H17ClN4O2/c1-2-19-12(18)17-5-3-9(4-6-17)16-11-10(13)7-14-8-15-11/h7-9H,2-6H2,1H3,(H,14,15,16). The van der Waals surface area contributed by atoms with Crippen molar-refractivity contribution in [2.45, 2.75) is 25.8 Å². The molecule has 1 aliphatic rings. The molecule has 0 unspecified atom stereocenters. The molecular formula is C12H17ClN4O2. The summed E-state index contributed by atoms with van der Waals surface area (Å²) in [5.41, 5.74) is 0. The zero-order valence-electron chi connectivity index (χ0n) is 10.8. The van der Waals surface area contributed by atoms with Crippen LogP contribution in [0.25, 0.3) is 0 Å². The maximum Gasteiger partial charge on any atom is 0.409 e. The van der Waals surface area contributed by atoms with Crippen LogP contribution in [-0.4, -0.2) is 46.7 Å². The molecule has 0 spiro atoms. The molecule has 104 valence electrons. The lowest BCUT2D eigenvalue weighted by atomic mass is 10.1. The molecule has 2 rings (SSSR count). The Labute approximate surface area is 117 Å². The van der Waals surface area contributed by atoms with E-state index in [1.54, 1.807) is 11.1 Å². The Morgan fingerprint density at radius 2 is 2.32 bits per heavy atom. The molecule has 1 saturated heterocycles. The number of nitrogens with one attached hydrogen (secondary N) is 1. The van der Waals surface area contributed by atoms with Crippen LogP contribution in [-0.2, 0) is 4.74 Å². The first-order valence-corrected chi connectivity index (χ1v) is 6.72. The molecule has 2 heterocycles. The van der Waals surface area contributed by atoms with Gasteiger partial charge in [0, 0.05) is 19.1 Å². The van der Waals surface area contributed by atoms with Gasteiger partial charge in [-0.15, -0.1) is 0 Å². The van der Waals surface area contributed by atoms with Gasteiger partial charge < -0.3 is 15.0 Å². The van der Waals surface area contributed by atoms with Crippen LogP contribution in [0.15, 0.2) is 12.5 Å². The maximum atomic E-state index is 11.6. The van der Waals surface area contributed by atoms with Crippen molar-refractivity contribution < 1.29 is 9.53 Å². The average Bonchev–Trinajstić information content (AvgIpc) is 2.42. The van der Waals surface area contributed by atoms with E-state index in [9.17, 15) is 4.79 Å². The molecule has 0 aromatic carbocycles. The molecule has 1 aromatic rings. The van der Waals surface area contributed by atoms with Crippen molar-refractivity contribution in [1.29, 1.82) is 0 Å². The van der Waals surface area contributed by atoms with Crippen LogP contribution in [0.1, 0.15) is 19.8 Å². The number of hydrogen-bond donors (Lipinski definition) is 1. The van der Waals surface area contributed by atoms with Crippen molar-refractivity contribution in [2.75, 3.05) is 25.0 Å². The van der Waals surface area contributed by atoms with E-state index in [4.69, 9.17) is 16.3 Å². The van der Waals surface area contributed by atoms with Crippen LogP contribution in [0.4, 0.5) is 10.6 Å². The largest absolute Gasteiger partial charge is 0.450 e. The third kappa shape index (κ3) is 3.70. The van der Waals surface area contributed by atoms with Crippen LogP contribution >= 0.6 is 11.6 Å². The number of carbonyl (C=O) groups excluding carboxylic acids is 1. The fourth-order valence-electron chi connectivity index (χ4n) is 2.03. The van der Waals surface area contributed by atoms with Gasteiger partial charge >= 0.3 is 6.09 Å². The summed E-state index contributed by atoms with van der Waals surface area (Å²) < 4.78 is 4.98. The van der Waals surface area contributed by atoms with Crippen molar-refractivity contribution in [3.05, 3.63) is 17.5 Å². The zero-order chi connectivity index (χ0) is 13.7. The molecule has 1 N–H and O–H groups in total. The molecule has 1 aliphatic heterocycles. The second-order valence-electron chi connectivity index (χ2n) is 4.32. The summed E-state index contributed by atoms with van der Waals surface area (Å²) >= 11 is 5.99. The minimum Gasteiger partial charge on any atom is -0.450 e. The first kappa shape index (κ1) is 13.9. The predicted molar refractivity (Wildman–Crippen MR) is 72.3 cm³/mol. The van der Waals surface area contributed by atoms with Gasteiger partial charge in [0.2, 0.25) is 0 Å². The molecule has 19 heavy (non-hydrogen) atoms. The highest BCUT2D eigenvalue weighted by Gasteiger charge is 2.23. The summed E-state index contributed by atoms with van der Waals surface area (Å²) in [6, 6.07) is 0.262. The van der Waals surface area contributed by atoms with Gasteiger partial charge in [-0.3, -0.25) is 0 Å². The first-order valence-electron chi connectivity index (χ1n) is 6.34. The lowest BCUT2D eigenvalue weighted by Gasteiger charge is -2.31. The van der Waals surface area contributed by atoms with Crippen molar-refractivity contribution in [3.8, 4) is 0 Å². The lowest BCUT2D eigenvalue weighted by Crippen LogP contribution is -2.42. The van der Waals surface area contributed by atoms with Crippen LogP contribution in [0.3, 0.4) is 0 Å². The summed E-state index contributed by atoms with van der Waals surface area (Å²) in [6.45, 7) is 3.58. The van der Waals surface area contributed by atoms with Crippen molar-refractivity contribution in [3.63, 3.8) is 0 Å². The normalized spacial score (nSPS) is 16.2. The molecule has 0 bridgehead atoms. The summed E-state index contributed by atoms with van der Waals surface area (Å²) in [5, 5.41) is 3.79. The van der Waals surface area contributed by atoms with Gasteiger partial charge in [-0.1, -0.05) is 11.6 Å². The molecule has 0 saturated carbocycles. The van der Waals surface area contributed by atoms with E-state index >= 15 is 0 Å². The summed E-state index contributed by atoms with van der Waals surface area (Å²) in [7, 11) is 0. The van der Waals surface area contributed by atoms with E-state index in [2.05, 4.69) is 15.3 Å². The molecule has 1 aromatic heterocycles. The van der Waals surface area contributed by atoms with Gasteiger partial charge in [-0.2, -0.15) is 0 Å². The van der Waals surface area contributed by atoms with Crippen LogP contribution < -0.4 is 5.32 Å². The fraction of sp³-hybridized carbons (Fsp3) is 0.583. The van der Waals surface area contributed by atoms with E-state index in [1.165, 1.54) is 6.33 Å². The summed E-state index contributed by atoms with van der Waals surface area (Å²) in [5.74, 6) is 0.645. The molecule has 6 nitrogen and oxygen atoms in total. The number of anilines is 1. The zero-order valence-corrected chi connectivity index (χ0v) is 11.6. The minimum atomic E-state index is -0.235. The Morgan fingerprint density at radius 3 is 2.95 bits per heavy atom. The van der Waals surface area contributed by atoms with Gasteiger partial charge in [0.15, 0.2) is 0 Å². The topological polar surface area (TPSA) is 67.3 Å². The molecule has 1 amide bonds. The molecule has 0 aliphatic carbocycles. The highest BCUT2D eigenvalue weighted by Crippen LogP contribution is 2.21. The number of piperidine rings is 1. The van der Waals surface area contributed by atoms with Gasteiger partial charge in [-0.25, -0.2) is 14.8 Å². The number of halogens is 1. The second kappa shape index (κ2) is 6.56. The number of carbonyl (C=O) groups is 1. The first-order chi connectivity index (χ1) is 9.20. The molecule has 1 fully saturated rings. The van der Waals surface area contributed by atoms with E-state index < -0.39 is 0 Å². The Morgan fingerprint density at radius 1 is 1.58 bits per heavy atom. The third-order valence-corrected chi connectivity index (χ3v) is 3.31. The van der Waals surface area contributed by atoms with Crippen molar-refractivity contribution in [2.24, 2.45) is 0 Å². The van der Waals surface area contributed by atoms with E-state index in [0.29, 0.717) is 30.5 Å². The summed E-state index contributed by atoms with van der Waals surface area (Å²) in [4.78, 5) is 21.2. The number of likely N-dealkylation sites (tertiary alicyclic amines) is 1. The second-order valence-corrected chi connectivity index (χ2v) is 4.73. The van der Waals surface area contributed by atoms with E-state index in [1.807, 2.05) is 6.92 Å². The summed E-state index contributed by atoms with van der Waals surface area (Å²) in [6.07, 6.45) is 4.48. The highest BCUT2D eigenvalue weighted by atomic mass is 35.5. The minimum absolute atomic E-state index is 0.235. The van der Waals surface area contributed by atoms with Gasteiger partial charge in [0.25, 0.3) is 0 Å². The number of rotatable bonds is 3. The van der Waals surface area contributed by atoms with Crippen molar-refractivity contribution >= 4 is 23.5 Å². The van der Waals surface area contributed by atoms with Crippen molar-refractivity contribution in [1.82, 2.24) is 14.9 Å². The van der Waals surface area contributed by atoms with Gasteiger partial charge in [-0.05, 0) is 19.8 Å². The quantitative estimate of drug-likeness (QED) is 0.921. The number of amides is 1. The van der Waals surface area contributed by atoms with Crippen LogP contribution in [0.5, 0.6) is 0 Å². The number of ether oxygens (including phenoxy) is 1. The third-order valence-electron chi connectivity index (χ3n) is 3.03. The highest BCUT2D eigenvalue weighted by molar-refractivity contribution is 6.32. The monoisotopic (exact) mass is 284 g/mol. The lowest BCUT2D eigenvalue weighted by molar-refractivity contribution is 0.0983.